The number of nitrogens with one attached hydrogen (secondary N) is 1. The number of hydrogen-bond donors (Lipinski definition) is 2. The first kappa shape index (κ1) is 17.1. The van der Waals surface area contributed by atoms with Gasteiger partial charge in [0, 0.05) is 24.2 Å². The van der Waals surface area contributed by atoms with Crippen LogP contribution in [0.15, 0.2) is 12.1 Å². The Bertz CT molecular complexity index is 399. The summed E-state index contributed by atoms with van der Waals surface area (Å²) in [7, 11) is 0. The van der Waals surface area contributed by atoms with Crippen LogP contribution < -0.4 is 14.8 Å². The number of aliphatic hydroxyl groups is 1. The minimum Gasteiger partial charge on any atom is -0.490 e. The third kappa shape index (κ3) is 5.57. The fourth-order valence-electron chi connectivity index (χ4n) is 1.73. The van der Waals surface area contributed by atoms with E-state index >= 15 is 0 Å². The maximum atomic E-state index is 8.75. The SMILES string of the molecule is CCCOc1cc(Cl)c(CNCCCO)cc1OCC. The number of halogens is 1. The van der Waals surface area contributed by atoms with E-state index in [0.717, 1.165) is 30.7 Å². The maximum Gasteiger partial charge on any atom is 0.162 e. The third-order valence-corrected chi connectivity index (χ3v) is 3.05. The van der Waals surface area contributed by atoms with Gasteiger partial charge in [0.15, 0.2) is 11.5 Å². The molecule has 114 valence electrons. The van der Waals surface area contributed by atoms with Gasteiger partial charge in [-0.05, 0) is 37.9 Å². The molecule has 0 amide bonds. The lowest BCUT2D eigenvalue weighted by Crippen LogP contribution is -2.16. The lowest BCUT2D eigenvalue weighted by molar-refractivity contribution is 0.276. The van der Waals surface area contributed by atoms with E-state index in [0.29, 0.717) is 30.5 Å². The quantitative estimate of drug-likeness (QED) is 0.652. The van der Waals surface area contributed by atoms with Crippen LogP contribution in [0.5, 0.6) is 11.5 Å². The zero-order valence-corrected chi connectivity index (χ0v) is 13.0. The molecule has 0 saturated carbocycles. The molecule has 0 atom stereocenters. The van der Waals surface area contributed by atoms with Gasteiger partial charge >= 0.3 is 0 Å². The summed E-state index contributed by atoms with van der Waals surface area (Å²) in [4.78, 5) is 0. The van der Waals surface area contributed by atoms with Gasteiger partial charge in [0.25, 0.3) is 0 Å². The number of ether oxygens (including phenoxy) is 2. The molecule has 0 aromatic heterocycles. The Balaban J connectivity index is 2.77. The highest BCUT2D eigenvalue weighted by molar-refractivity contribution is 6.31. The molecule has 0 spiro atoms. The zero-order valence-electron chi connectivity index (χ0n) is 12.2. The van der Waals surface area contributed by atoms with Crippen molar-refractivity contribution in [3.05, 3.63) is 22.7 Å². The average molecular weight is 302 g/mol. The molecule has 5 heteroatoms. The molecule has 0 bridgehead atoms. The molecule has 0 saturated heterocycles. The highest BCUT2D eigenvalue weighted by Gasteiger charge is 2.10. The van der Waals surface area contributed by atoms with Crippen molar-refractivity contribution in [3.8, 4) is 11.5 Å². The molecule has 20 heavy (non-hydrogen) atoms. The van der Waals surface area contributed by atoms with E-state index < -0.39 is 0 Å². The standard InChI is InChI=1S/C15H24ClNO3/c1-3-8-20-15-10-13(16)12(9-14(15)19-4-2)11-17-6-5-7-18/h9-10,17-18H,3-8,11H2,1-2H3. The van der Waals surface area contributed by atoms with Crippen LogP contribution in [0.3, 0.4) is 0 Å². The molecule has 0 heterocycles. The Morgan fingerprint density at radius 3 is 2.60 bits per heavy atom. The first-order valence-corrected chi connectivity index (χ1v) is 7.50. The van der Waals surface area contributed by atoms with Crippen LogP contribution in [0.4, 0.5) is 0 Å². The molecule has 0 unspecified atom stereocenters. The van der Waals surface area contributed by atoms with E-state index in [9.17, 15) is 0 Å². The molecular formula is C15H24ClNO3. The zero-order chi connectivity index (χ0) is 14.8. The van der Waals surface area contributed by atoms with E-state index in [1.165, 1.54) is 0 Å². The molecule has 0 aliphatic carbocycles. The summed E-state index contributed by atoms with van der Waals surface area (Å²) in [6, 6.07) is 3.73. The number of hydrogen-bond acceptors (Lipinski definition) is 4. The minimum absolute atomic E-state index is 0.189. The first-order chi connectivity index (χ1) is 9.72. The monoisotopic (exact) mass is 301 g/mol. The third-order valence-electron chi connectivity index (χ3n) is 2.70. The Labute approximate surface area is 126 Å². The Morgan fingerprint density at radius 1 is 1.20 bits per heavy atom. The fourth-order valence-corrected chi connectivity index (χ4v) is 1.95. The summed E-state index contributed by atoms with van der Waals surface area (Å²) < 4.78 is 11.3. The van der Waals surface area contributed by atoms with Gasteiger partial charge in [-0.3, -0.25) is 0 Å². The van der Waals surface area contributed by atoms with Gasteiger partial charge in [0.2, 0.25) is 0 Å². The van der Waals surface area contributed by atoms with E-state index in [1.54, 1.807) is 0 Å². The topological polar surface area (TPSA) is 50.7 Å². The summed E-state index contributed by atoms with van der Waals surface area (Å²) >= 11 is 6.27. The van der Waals surface area contributed by atoms with Crippen LogP contribution in [-0.2, 0) is 6.54 Å². The van der Waals surface area contributed by atoms with Gasteiger partial charge < -0.3 is 19.9 Å². The Hall–Kier alpha value is -0.970. The largest absolute Gasteiger partial charge is 0.490 e. The van der Waals surface area contributed by atoms with Crippen molar-refractivity contribution in [1.82, 2.24) is 5.32 Å². The molecule has 2 N–H and O–H groups in total. The van der Waals surface area contributed by atoms with Gasteiger partial charge in [-0.25, -0.2) is 0 Å². The van der Waals surface area contributed by atoms with E-state index in [4.69, 9.17) is 26.2 Å². The molecule has 0 radical (unpaired) electrons. The highest BCUT2D eigenvalue weighted by Crippen LogP contribution is 2.33. The van der Waals surface area contributed by atoms with Gasteiger partial charge in [-0.2, -0.15) is 0 Å². The van der Waals surface area contributed by atoms with Gasteiger partial charge in [0.05, 0.1) is 13.2 Å². The second kappa shape index (κ2) is 9.86. The summed E-state index contributed by atoms with van der Waals surface area (Å²) in [5.41, 5.74) is 0.969. The summed E-state index contributed by atoms with van der Waals surface area (Å²) in [6.45, 7) is 6.82. The van der Waals surface area contributed by atoms with Crippen molar-refractivity contribution in [3.63, 3.8) is 0 Å². The molecule has 0 fully saturated rings. The lowest BCUT2D eigenvalue weighted by Gasteiger charge is -2.15. The molecule has 0 aliphatic rings. The van der Waals surface area contributed by atoms with Crippen LogP contribution in [0, 0.1) is 0 Å². The minimum atomic E-state index is 0.189. The fraction of sp³-hybridized carbons (Fsp3) is 0.600. The van der Waals surface area contributed by atoms with Crippen LogP contribution in [-0.4, -0.2) is 31.5 Å². The van der Waals surface area contributed by atoms with Crippen LogP contribution >= 0.6 is 11.6 Å². The van der Waals surface area contributed by atoms with Crippen LogP contribution in [0.25, 0.3) is 0 Å². The van der Waals surface area contributed by atoms with E-state index in [2.05, 4.69) is 12.2 Å². The van der Waals surface area contributed by atoms with Crippen molar-refractivity contribution in [2.45, 2.75) is 33.2 Å². The molecule has 0 aliphatic heterocycles. The first-order valence-electron chi connectivity index (χ1n) is 7.12. The van der Waals surface area contributed by atoms with E-state index in [-0.39, 0.29) is 6.61 Å². The average Bonchev–Trinajstić information content (AvgIpc) is 2.45. The van der Waals surface area contributed by atoms with Gasteiger partial charge in [0.1, 0.15) is 0 Å². The van der Waals surface area contributed by atoms with Crippen molar-refractivity contribution >= 4 is 11.6 Å². The number of rotatable bonds is 10. The summed E-state index contributed by atoms with van der Waals surface area (Å²) in [5, 5.41) is 12.6. The molecule has 4 nitrogen and oxygen atoms in total. The summed E-state index contributed by atoms with van der Waals surface area (Å²) in [6.07, 6.45) is 1.67. The van der Waals surface area contributed by atoms with Crippen molar-refractivity contribution in [1.29, 1.82) is 0 Å². The Morgan fingerprint density at radius 2 is 1.95 bits per heavy atom. The number of benzene rings is 1. The normalized spacial score (nSPS) is 10.6. The van der Waals surface area contributed by atoms with Gasteiger partial charge in [-0.15, -0.1) is 0 Å². The van der Waals surface area contributed by atoms with Crippen molar-refractivity contribution in [2.24, 2.45) is 0 Å². The van der Waals surface area contributed by atoms with Gasteiger partial charge in [-0.1, -0.05) is 18.5 Å². The van der Waals surface area contributed by atoms with Crippen LogP contribution in [0.2, 0.25) is 5.02 Å². The summed E-state index contributed by atoms with van der Waals surface area (Å²) in [5.74, 6) is 1.42. The molecular weight excluding hydrogens is 278 g/mol. The Kier molecular flexibility index (Phi) is 8.42. The van der Waals surface area contributed by atoms with E-state index in [1.807, 2.05) is 19.1 Å². The molecule has 1 aromatic carbocycles. The maximum absolute atomic E-state index is 8.75. The highest BCUT2D eigenvalue weighted by atomic mass is 35.5. The predicted octanol–water partition coefficient (Wildman–Crippen LogP) is 3.00. The number of aliphatic hydroxyl groups excluding tert-OH is 1. The van der Waals surface area contributed by atoms with Crippen LogP contribution in [0.1, 0.15) is 32.3 Å². The van der Waals surface area contributed by atoms with Crippen molar-refractivity contribution in [2.75, 3.05) is 26.4 Å². The lowest BCUT2D eigenvalue weighted by atomic mass is 10.2. The molecule has 1 aromatic rings. The predicted molar refractivity (Wildman–Crippen MR) is 81.8 cm³/mol. The second-order valence-electron chi connectivity index (χ2n) is 4.43. The van der Waals surface area contributed by atoms with Crippen molar-refractivity contribution < 1.29 is 14.6 Å². The molecule has 1 rings (SSSR count). The smallest absolute Gasteiger partial charge is 0.162 e. The second-order valence-corrected chi connectivity index (χ2v) is 4.83.